The molecule has 0 radical (unpaired) electrons. The predicted octanol–water partition coefficient (Wildman–Crippen LogP) is 2.34. The van der Waals surface area contributed by atoms with Crippen LogP contribution in [0.1, 0.15) is 55.3 Å². The zero-order valence-corrected chi connectivity index (χ0v) is 19.6. The second-order valence-corrected chi connectivity index (χ2v) is 10.9. The van der Waals surface area contributed by atoms with Crippen LogP contribution in [0, 0.1) is 17.8 Å². The van der Waals surface area contributed by atoms with Crippen molar-refractivity contribution in [1.82, 2.24) is 19.8 Å². The number of benzene rings is 1. The molecule has 5 aliphatic rings. The fourth-order valence-electron chi connectivity index (χ4n) is 7.21. The largest absolute Gasteiger partial charge is 0.390 e. The molecule has 2 amide bonds. The van der Waals surface area contributed by atoms with E-state index in [2.05, 4.69) is 14.9 Å². The number of aryl methyl sites for hydroxylation is 1. The second-order valence-electron chi connectivity index (χ2n) is 10.9. The molecule has 0 spiro atoms. The molecule has 7 rings (SSSR count). The summed E-state index contributed by atoms with van der Waals surface area (Å²) in [6.45, 7) is 3.33. The molecule has 2 unspecified atom stereocenters. The average molecular weight is 467 g/mol. The van der Waals surface area contributed by atoms with E-state index >= 15 is 0 Å². The summed E-state index contributed by atoms with van der Waals surface area (Å²) in [6, 6.07) is 5.87. The number of rotatable bonds is 6. The molecule has 2 heterocycles. The summed E-state index contributed by atoms with van der Waals surface area (Å²) in [4.78, 5) is 31.9. The third-order valence-corrected chi connectivity index (χ3v) is 8.58. The van der Waals surface area contributed by atoms with Crippen LogP contribution < -0.4 is 5.32 Å². The number of hydrogen-bond acceptors (Lipinski definition) is 5. The van der Waals surface area contributed by atoms with Crippen molar-refractivity contribution in [2.24, 2.45) is 17.8 Å². The first kappa shape index (κ1) is 22.0. The highest BCUT2D eigenvalue weighted by molar-refractivity contribution is 5.97. The molecule has 4 aliphatic carbocycles. The van der Waals surface area contributed by atoms with Crippen LogP contribution in [0.3, 0.4) is 0 Å². The van der Waals surface area contributed by atoms with Gasteiger partial charge in [-0.1, -0.05) is 0 Å². The van der Waals surface area contributed by atoms with E-state index in [1.807, 2.05) is 23.1 Å². The quantitative estimate of drug-likeness (QED) is 0.681. The molecule has 4 saturated carbocycles. The van der Waals surface area contributed by atoms with E-state index in [4.69, 9.17) is 4.74 Å². The number of hydrogen-bond donors (Lipinski definition) is 2. The molecule has 2 aromatic rings. The van der Waals surface area contributed by atoms with Crippen molar-refractivity contribution in [3.8, 4) is 0 Å². The van der Waals surface area contributed by atoms with Crippen molar-refractivity contribution in [1.29, 1.82) is 0 Å². The molecule has 1 aliphatic heterocycles. The summed E-state index contributed by atoms with van der Waals surface area (Å²) < 4.78 is 7.37. The minimum absolute atomic E-state index is 0.0444. The Kier molecular flexibility index (Phi) is 5.60. The van der Waals surface area contributed by atoms with Crippen LogP contribution in [-0.4, -0.2) is 69.3 Å². The number of aromatic nitrogens is 2. The van der Waals surface area contributed by atoms with Crippen LogP contribution >= 0.6 is 0 Å². The number of amides is 2. The molecular weight excluding hydrogens is 432 g/mol. The van der Waals surface area contributed by atoms with E-state index in [0.717, 1.165) is 49.6 Å². The second kappa shape index (κ2) is 8.64. The van der Waals surface area contributed by atoms with Gasteiger partial charge >= 0.3 is 0 Å². The Morgan fingerprint density at radius 1 is 1.15 bits per heavy atom. The molecule has 8 heteroatoms. The Morgan fingerprint density at radius 2 is 1.91 bits per heavy atom. The van der Waals surface area contributed by atoms with Gasteiger partial charge in [0.1, 0.15) is 0 Å². The van der Waals surface area contributed by atoms with E-state index < -0.39 is 5.60 Å². The number of carbonyl (C=O) groups is 2. The first-order valence-corrected chi connectivity index (χ1v) is 12.8. The van der Waals surface area contributed by atoms with Crippen molar-refractivity contribution in [2.45, 2.75) is 63.1 Å². The fraction of sp³-hybridized carbons (Fsp3) is 0.654. The molecule has 182 valence electrons. The summed E-state index contributed by atoms with van der Waals surface area (Å²) in [5.74, 6) is 1.55. The lowest BCUT2D eigenvalue weighted by molar-refractivity contribution is -0.137. The number of morpholine rings is 1. The Hall–Kier alpha value is -2.45. The van der Waals surface area contributed by atoms with Crippen LogP contribution in [0.4, 0.5) is 0 Å². The Balaban J connectivity index is 1.07. The highest BCUT2D eigenvalue weighted by Crippen LogP contribution is 2.55. The maximum Gasteiger partial charge on any atom is 0.251 e. The predicted molar refractivity (Wildman–Crippen MR) is 126 cm³/mol. The lowest BCUT2D eigenvalue weighted by Crippen LogP contribution is -2.61. The zero-order chi connectivity index (χ0) is 23.3. The summed E-state index contributed by atoms with van der Waals surface area (Å²) in [6.07, 6.45) is 7.90. The van der Waals surface area contributed by atoms with Crippen molar-refractivity contribution in [2.75, 3.05) is 26.3 Å². The standard InChI is InChI=1S/C26H34N4O4/c31-23(29-6-8-34-9-7-29)2-1-5-30-16-27-21-12-18(3-4-22(21)30)25(32)28-24-19-10-17-11-20(24)15-26(33,13-17)14-19/h3-4,12,16-17,19-20,24,33H,1-2,5-11,13-15H2,(H,28,32). The first-order chi connectivity index (χ1) is 16.5. The summed E-state index contributed by atoms with van der Waals surface area (Å²) in [7, 11) is 0. The van der Waals surface area contributed by atoms with Crippen molar-refractivity contribution in [3.05, 3.63) is 30.1 Å². The summed E-state index contributed by atoms with van der Waals surface area (Å²) in [5.41, 5.74) is 1.92. The molecule has 1 aromatic heterocycles. The first-order valence-electron chi connectivity index (χ1n) is 12.8. The van der Waals surface area contributed by atoms with Crippen LogP contribution in [0.2, 0.25) is 0 Å². The van der Waals surface area contributed by atoms with Crippen molar-refractivity contribution >= 4 is 22.8 Å². The Morgan fingerprint density at radius 3 is 2.65 bits per heavy atom. The molecule has 2 atom stereocenters. The Labute approximate surface area is 199 Å². The lowest BCUT2D eigenvalue weighted by atomic mass is 9.52. The molecule has 4 bridgehead atoms. The van der Waals surface area contributed by atoms with Gasteiger partial charge in [0.05, 0.1) is 36.2 Å². The normalized spacial score (nSPS) is 32.3. The molecule has 1 aromatic carbocycles. The van der Waals surface area contributed by atoms with E-state index in [0.29, 0.717) is 62.6 Å². The van der Waals surface area contributed by atoms with Gasteiger partial charge in [-0.05, 0) is 74.5 Å². The number of aliphatic hydroxyl groups is 1. The molecule has 2 N–H and O–H groups in total. The fourth-order valence-corrected chi connectivity index (χ4v) is 7.21. The third-order valence-electron chi connectivity index (χ3n) is 8.58. The number of ether oxygens (including phenoxy) is 1. The van der Waals surface area contributed by atoms with Crippen LogP contribution in [0.15, 0.2) is 24.5 Å². The smallest absolute Gasteiger partial charge is 0.251 e. The van der Waals surface area contributed by atoms with Crippen molar-refractivity contribution in [3.63, 3.8) is 0 Å². The maximum absolute atomic E-state index is 13.1. The van der Waals surface area contributed by atoms with Gasteiger partial charge in [-0.15, -0.1) is 0 Å². The van der Waals surface area contributed by atoms with Gasteiger partial charge < -0.3 is 24.6 Å². The van der Waals surface area contributed by atoms with Crippen LogP contribution in [0.5, 0.6) is 0 Å². The maximum atomic E-state index is 13.1. The number of fused-ring (bicyclic) bond motifs is 1. The molecule has 5 fully saturated rings. The molecule has 8 nitrogen and oxygen atoms in total. The summed E-state index contributed by atoms with van der Waals surface area (Å²) in [5, 5.41) is 14.1. The molecule has 1 saturated heterocycles. The number of nitrogens with zero attached hydrogens (tertiary/aromatic N) is 3. The molecular formula is C26H34N4O4. The van der Waals surface area contributed by atoms with Gasteiger partial charge in [0, 0.05) is 37.7 Å². The van der Waals surface area contributed by atoms with Crippen LogP contribution in [-0.2, 0) is 16.1 Å². The van der Waals surface area contributed by atoms with E-state index in [1.165, 1.54) is 0 Å². The lowest BCUT2D eigenvalue weighted by Gasteiger charge is -2.58. The highest BCUT2D eigenvalue weighted by Gasteiger charge is 2.55. The topological polar surface area (TPSA) is 96.7 Å². The number of imidazole rings is 1. The van der Waals surface area contributed by atoms with Crippen LogP contribution in [0.25, 0.3) is 11.0 Å². The average Bonchev–Trinajstić information content (AvgIpc) is 3.23. The minimum Gasteiger partial charge on any atom is -0.390 e. The minimum atomic E-state index is -0.490. The SMILES string of the molecule is O=C(NC1C2CC3CC1CC(O)(C3)C2)c1ccc2c(c1)ncn2CCCC(=O)N1CCOCC1. The van der Waals surface area contributed by atoms with Gasteiger partial charge in [-0.3, -0.25) is 9.59 Å². The zero-order valence-electron chi connectivity index (χ0n) is 19.6. The van der Waals surface area contributed by atoms with Gasteiger partial charge in [-0.2, -0.15) is 0 Å². The highest BCUT2D eigenvalue weighted by atomic mass is 16.5. The molecule has 34 heavy (non-hydrogen) atoms. The number of carbonyl (C=O) groups excluding carboxylic acids is 2. The van der Waals surface area contributed by atoms with Gasteiger partial charge in [0.2, 0.25) is 5.91 Å². The van der Waals surface area contributed by atoms with E-state index in [-0.39, 0.29) is 17.9 Å². The van der Waals surface area contributed by atoms with Gasteiger partial charge in [-0.25, -0.2) is 4.98 Å². The number of nitrogens with one attached hydrogen (secondary N) is 1. The Bertz CT molecular complexity index is 1080. The van der Waals surface area contributed by atoms with E-state index in [1.54, 1.807) is 6.33 Å². The third kappa shape index (κ3) is 4.11. The van der Waals surface area contributed by atoms with Gasteiger partial charge in [0.15, 0.2) is 0 Å². The summed E-state index contributed by atoms with van der Waals surface area (Å²) >= 11 is 0. The monoisotopic (exact) mass is 466 g/mol. The van der Waals surface area contributed by atoms with Crippen molar-refractivity contribution < 1.29 is 19.4 Å². The van der Waals surface area contributed by atoms with Gasteiger partial charge in [0.25, 0.3) is 5.91 Å². The van der Waals surface area contributed by atoms with E-state index in [9.17, 15) is 14.7 Å².